The molecule has 0 bridgehead atoms. The fourth-order valence-electron chi connectivity index (χ4n) is 2.12. The number of H-pyrrole nitrogens is 1. The van der Waals surface area contributed by atoms with E-state index in [0.29, 0.717) is 15.7 Å². The summed E-state index contributed by atoms with van der Waals surface area (Å²) in [5, 5.41) is 10.1. The maximum absolute atomic E-state index is 12.0. The molecular formula is C15H10ClN5OS. The minimum Gasteiger partial charge on any atom is -0.306 e. The number of aromatic amines is 1. The third-order valence-corrected chi connectivity index (χ3v) is 4.11. The van der Waals surface area contributed by atoms with Crippen molar-refractivity contribution in [1.82, 2.24) is 19.5 Å². The summed E-state index contributed by atoms with van der Waals surface area (Å²) in [4.78, 5) is 22.9. The van der Waals surface area contributed by atoms with Crippen LogP contribution < -0.4 is 5.56 Å². The summed E-state index contributed by atoms with van der Waals surface area (Å²) in [5.41, 5.74) is 1.11. The molecule has 0 saturated heterocycles. The fraction of sp³-hybridized carbons (Fsp3) is 0.0667. The van der Waals surface area contributed by atoms with Crippen molar-refractivity contribution in [3.8, 4) is 23.0 Å². The number of nitriles is 1. The lowest BCUT2D eigenvalue weighted by Gasteiger charge is -2.09. The molecule has 0 aliphatic rings. The molecule has 3 rings (SSSR count). The molecule has 0 radical (unpaired) electrons. The van der Waals surface area contributed by atoms with Crippen LogP contribution in [0.4, 0.5) is 0 Å². The van der Waals surface area contributed by atoms with Crippen LogP contribution in [0.1, 0.15) is 5.56 Å². The Morgan fingerprint density at radius 3 is 2.87 bits per heavy atom. The van der Waals surface area contributed by atoms with Crippen LogP contribution in [0.5, 0.6) is 0 Å². The number of aromatic nitrogens is 4. The molecule has 1 aromatic carbocycles. The molecule has 0 fully saturated rings. The number of halogens is 1. The Hall–Kier alpha value is -2.56. The average molecular weight is 344 g/mol. The largest absolute Gasteiger partial charge is 0.306 e. The molecule has 2 heterocycles. The third kappa shape index (κ3) is 2.86. The Balaban J connectivity index is 2.18. The predicted molar refractivity (Wildman–Crippen MR) is 88.9 cm³/mol. The van der Waals surface area contributed by atoms with E-state index in [1.165, 1.54) is 11.8 Å². The van der Waals surface area contributed by atoms with Gasteiger partial charge in [0.05, 0.1) is 17.0 Å². The van der Waals surface area contributed by atoms with Crippen molar-refractivity contribution in [2.24, 2.45) is 0 Å². The van der Waals surface area contributed by atoms with E-state index < -0.39 is 5.56 Å². The number of nitrogens with one attached hydrogen (secondary N) is 1. The quantitative estimate of drug-likeness (QED) is 0.583. The number of nitrogens with zero attached hydrogens (tertiary/aromatic N) is 4. The predicted octanol–water partition coefficient (Wildman–Crippen LogP) is 2.87. The zero-order chi connectivity index (χ0) is 16.4. The molecule has 0 unspecified atom stereocenters. The van der Waals surface area contributed by atoms with Gasteiger partial charge in [0.25, 0.3) is 5.56 Å². The van der Waals surface area contributed by atoms with Crippen LogP contribution in [0, 0.1) is 11.3 Å². The van der Waals surface area contributed by atoms with Crippen molar-refractivity contribution in [1.29, 1.82) is 5.26 Å². The second-order valence-corrected chi connectivity index (χ2v) is 5.75. The summed E-state index contributed by atoms with van der Waals surface area (Å²) >= 11 is 7.64. The molecule has 0 aliphatic heterocycles. The Labute approximate surface area is 140 Å². The highest BCUT2D eigenvalue weighted by Gasteiger charge is 2.16. The molecule has 0 amide bonds. The molecule has 8 heteroatoms. The molecule has 6 nitrogen and oxygen atoms in total. The van der Waals surface area contributed by atoms with Gasteiger partial charge >= 0.3 is 0 Å². The molecule has 0 atom stereocenters. The Kier molecular flexibility index (Phi) is 4.19. The van der Waals surface area contributed by atoms with Gasteiger partial charge in [0, 0.05) is 23.6 Å². The highest BCUT2D eigenvalue weighted by molar-refractivity contribution is 7.98. The lowest BCUT2D eigenvalue weighted by Crippen LogP contribution is -2.14. The van der Waals surface area contributed by atoms with Crippen LogP contribution in [0.25, 0.3) is 16.9 Å². The van der Waals surface area contributed by atoms with E-state index in [9.17, 15) is 10.1 Å². The van der Waals surface area contributed by atoms with Crippen LogP contribution in [-0.2, 0) is 0 Å². The van der Waals surface area contributed by atoms with E-state index in [0.717, 1.165) is 5.69 Å². The molecule has 23 heavy (non-hydrogen) atoms. The molecule has 3 aromatic rings. The van der Waals surface area contributed by atoms with Crippen molar-refractivity contribution >= 4 is 23.4 Å². The molecule has 0 aliphatic carbocycles. The second-order valence-electron chi connectivity index (χ2n) is 4.54. The lowest BCUT2D eigenvalue weighted by molar-refractivity contribution is 0.937. The van der Waals surface area contributed by atoms with Gasteiger partial charge in [-0.2, -0.15) is 5.26 Å². The maximum atomic E-state index is 12.0. The molecule has 114 valence electrons. The van der Waals surface area contributed by atoms with E-state index >= 15 is 0 Å². The number of hydrogen-bond acceptors (Lipinski definition) is 5. The van der Waals surface area contributed by atoms with Gasteiger partial charge in [-0.3, -0.25) is 4.79 Å². The smallest absolute Gasteiger partial charge is 0.270 e. The second kappa shape index (κ2) is 6.28. The van der Waals surface area contributed by atoms with E-state index in [4.69, 9.17) is 11.6 Å². The monoisotopic (exact) mass is 343 g/mol. The van der Waals surface area contributed by atoms with Gasteiger partial charge in [0.2, 0.25) is 0 Å². The zero-order valence-electron chi connectivity index (χ0n) is 11.9. The minimum atomic E-state index is -0.475. The van der Waals surface area contributed by atoms with Crippen LogP contribution in [0.3, 0.4) is 0 Å². The van der Waals surface area contributed by atoms with Crippen LogP contribution in [-0.4, -0.2) is 25.8 Å². The Bertz CT molecular complexity index is 959. The molecular weight excluding hydrogens is 334 g/mol. The first kappa shape index (κ1) is 15.3. The van der Waals surface area contributed by atoms with E-state index in [2.05, 4.69) is 15.0 Å². The molecule has 2 aromatic heterocycles. The van der Waals surface area contributed by atoms with Gasteiger partial charge in [-0.15, -0.1) is 0 Å². The van der Waals surface area contributed by atoms with Crippen LogP contribution in [0.2, 0.25) is 5.02 Å². The van der Waals surface area contributed by atoms with Crippen LogP contribution in [0.15, 0.2) is 46.9 Å². The first-order chi connectivity index (χ1) is 11.1. The van der Waals surface area contributed by atoms with Gasteiger partial charge in [-0.1, -0.05) is 23.4 Å². The van der Waals surface area contributed by atoms with Crippen molar-refractivity contribution < 1.29 is 0 Å². The normalized spacial score (nSPS) is 10.5. The summed E-state index contributed by atoms with van der Waals surface area (Å²) in [6, 6.07) is 7.20. The van der Waals surface area contributed by atoms with Gasteiger partial charge in [-0.05, 0) is 24.5 Å². The number of imidazole rings is 1. The SMILES string of the molecule is CSc1nc(-c2ccc(-n3ccnc3)cc2Cl)c(C#N)c(=O)[nH]1. The van der Waals surface area contributed by atoms with Gasteiger partial charge < -0.3 is 9.55 Å². The van der Waals surface area contributed by atoms with Gasteiger partial charge in [0.15, 0.2) is 5.16 Å². The summed E-state index contributed by atoms with van der Waals surface area (Å²) < 4.78 is 1.80. The Morgan fingerprint density at radius 2 is 2.26 bits per heavy atom. The summed E-state index contributed by atoms with van der Waals surface area (Å²) in [6.07, 6.45) is 6.91. The first-order valence-corrected chi connectivity index (χ1v) is 8.11. The van der Waals surface area contributed by atoms with Crippen molar-refractivity contribution in [3.05, 3.63) is 57.9 Å². The van der Waals surface area contributed by atoms with Crippen molar-refractivity contribution in [2.45, 2.75) is 5.16 Å². The number of benzene rings is 1. The topological polar surface area (TPSA) is 87.4 Å². The van der Waals surface area contributed by atoms with E-state index in [1.54, 1.807) is 41.7 Å². The first-order valence-electron chi connectivity index (χ1n) is 6.50. The molecule has 0 spiro atoms. The Morgan fingerprint density at radius 1 is 1.43 bits per heavy atom. The minimum absolute atomic E-state index is 0.0555. The number of hydrogen-bond donors (Lipinski definition) is 1. The van der Waals surface area contributed by atoms with E-state index in [-0.39, 0.29) is 11.3 Å². The summed E-state index contributed by atoms with van der Waals surface area (Å²) in [6.45, 7) is 0. The van der Waals surface area contributed by atoms with Gasteiger partial charge in [0.1, 0.15) is 11.6 Å². The standard InChI is InChI=1S/C15H10ClN5OS/c1-23-15-19-13(11(7-17)14(22)20-15)10-3-2-9(6-12(10)16)21-5-4-18-8-21/h2-6,8H,1H3,(H,19,20,22). The van der Waals surface area contributed by atoms with Gasteiger partial charge in [-0.25, -0.2) is 9.97 Å². The summed E-state index contributed by atoms with van der Waals surface area (Å²) in [7, 11) is 0. The fourth-order valence-corrected chi connectivity index (χ4v) is 2.76. The third-order valence-electron chi connectivity index (χ3n) is 3.21. The van der Waals surface area contributed by atoms with Crippen LogP contribution >= 0.6 is 23.4 Å². The zero-order valence-corrected chi connectivity index (χ0v) is 13.5. The lowest BCUT2D eigenvalue weighted by atomic mass is 10.1. The van der Waals surface area contributed by atoms with Crippen molar-refractivity contribution in [2.75, 3.05) is 6.26 Å². The van der Waals surface area contributed by atoms with E-state index in [1.807, 2.05) is 12.1 Å². The molecule has 1 N–H and O–H groups in total. The number of thioether (sulfide) groups is 1. The summed E-state index contributed by atoms with van der Waals surface area (Å²) in [5.74, 6) is 0. The maximum Gasteiger partial charge on any atom is 0.270 e. The average Bonchev–Trinajstić information content (AvgIpc) is 3.08. The highest BCUT2D eigenvalue weighted by Crippen LogP contribution is 2.30. The molecule has 0 saturated carbocycles. The number of rotatable bonds is 3. The highest BCUT2D eigenvalue weighted by atomic mass is 35.5. The van der Waals surface area contributed by atoms with Crippen molar-refractivity contribution in [3.63, 3.8) is 0 Å².